The van der Waals surface area contributed by atoms with E-state index in [0.717, 1.165) is 11.1 Å². The summed E-state index contributed by atoms with van der Waals surface area (Å²) in [5.74, 6) is 0. The number of fused-ring (bicyclic) bond motifs is 1. The van der Waals surface area contributed by atoms with Crippen molar-refractivity contribution in [2.45, 2.75) is 4.90 Å². The normalized spacial score (nSPS) is 17.3. The second kappa shape index (κ2) is 3.61. The highest BCUT2D eigenvalue weighted by atomic mass is 32.2. The maximum atomic E-state index is 11.8. The molecule has 0 spiro atoms. The van der Waals surface area contributed by atoms with Gasteiger partial charge in [0.05, 0.1) is 4.90 Å². The predicted molar refractivity (Wildman–Crippen MR) is 64.6 cm³/mol. The fraction of sp³-hybridized carbons (Fsp3) is 0.273. The molecule has 0 aromatic heterocycles. The molecule has 16 heavy (non-hydrogen) atoms. The minimum atomic E-state index is -3.29. The number of hydrogen-bond donors (Lipinski definition) is 1. The van der Waals surface area contributed by atoms with E-state index in [0.29, 0.717) is 17.1 Å². The van der Waals surface area contributed by atoms with Crippen LogP contribution >= 0.6 is 0 Å². The van der Waals surface area contributed by atoms with E-state index in [1.807, 2.05) is 19.0 Å². The van der Waals surface area contributed by atoms with Crippen molar-refractivity contribution in [3.63, 3.8) is 0 Å². The van der Waals surface area contributed by atoms with Gasteiger partial charge in [0.15, 0.2) is 0 Å². The van der Waals surface area contributed by atoms with E-state index in [1.165, 1.54) is 11.5 Å². The number of benzene rings is 1. The number of nitrogens with two attached hydrogens (primary N) is 1. The molecule has 0 radical (unpaired) electrons. The smallest absolute Gasteiger partial charge is 0.200 e. The topological polar surface area (TPSA) is 63.4 Å². The summed E-state index contributed by atoms with van der Waals surface area (Å²) >= 11 is 0. The van der Waals surface area contributed by atoms with Crippen LogP contribution < -0.4 is 5.73 Å². The largest absolute Gasteiger partial charge is 0.399 e. The van der Waals surface area contributed by atoms with Gasteiger partial charge in [-0.15, -0.1) is 0 Å². The summed E-state index contributed by atoms with van der Waals surface area (Å²) in [5, 5.41) is 1.33. The van der Waals surface area contributed by atoms with E-state index in [-0.39, 0.29) is 0 Å². The lowest BCUT2D eigenvalue weighted by molar-refractivity contribution is 0.463. The van der Waals surface area contributed by atoms with Crippen molar-refractivity contribution in [2.75, 3.05) is 26.4 Å². The van der Waals surface area contributed by atoms with Crippen molar-refractivity contribution in [1.82, 2.24) is 4.90 Å². The Morgan fingerprint density at radius 1 is 1.31 bits per heavy atom. The second-order valence-corrected chi connectivity index (χ2v) is 5.95. The number of likely N-dealkylation sites (N-methyl/N-ethyl adjacent to an activating group) is 1. The van der Waals surface area contributed by atoms with Crippen LogP contribution in [0.4, 0.5) is 5.69 Å². The summed E-state index contributed by atoms with van der Waals surface area (Å²) in [6.07, 6.45) is 0. The van der Waals surface area contributed by atoms with Gasteiger partial charge in [0.1, 0.15) is 0 Å². The second-order valence-electron chi connectivity index (χ2n) is 4.18. The minimum absolute atomic E-state index is 0.323. The van der Waals surface area contributed by atoms with Crippen LogP contribution in [-0.4, -0.2) is 34.0 Å². The van der Waals surface area contributed by atoms with Crippen LogP contribution in [0.3, 0.4) is 0 Å². The molecule has 0 amide bonds. The van der Waals surface area contributed by atoms with Crippen molar-refractivity contribution >= 4 is 21.1 Å². The summed E-state index contributed by atoms with van der Waals surface area (Å²) in [5.41, 5.74) is 7.66. The van der Waals surface area contributed by atoms with E-state index in [2.05, 4.69) is 0 Å². The zero-order valence-corrected chi connectivity index (χ0v) is 10.1. The molecule has 0 fully saturated rings. The quantitative estimate of drug-likeness (QED) is 0.779. The molecule has 1 aliphatic heterocycles. The van der Waals surface area contributed by atoms with Gasteiger partial charge in [-0.25, -0.2) is 8.42 Å². The first kappa shape index (κ1) is 11.2. The first-order valence-corrected chi connectivity index (χ1v) is 6.45. The van der Waals surface area contributed by atoms with Gasteiger partial charge in [-0.2, -0.15) is 0 Å². The van der Waals surface area contributed by atoms with Crippen LogP contribution in [0.5, 0.6) is 0 Å². The van der Waals surface area contributed by atoms with Crippen molar-refractivity contribution in [3.8, 4) is 0 Å². The summed E-state index contributed by atoms with van der Waals surface area (Å²) in [7, 11) is 0.519. The molecule has 0 saturated heterocycles. The third-order valence-electron chi connectivity index (χ3n) is 2.44. The molecular weight excluding hydrogens is 224 g/mol. The van der Waals surface area contributed by atoms with Crippen molar-refractivity contribution in [3.05, 3.63) is 29.2 Å². The van der Waals surface area contributed by atoms with Gasteiger partial charge in [0.2, 0.25) is 9.84 Å². The SMILES string of the molecule is CN(C)CC1=CS(=O)(=O)c2cc(N)ccc21. The molecule has 1 heterocycles. The Morgan fingerprint density at radius 3 is 2.62 bits per heavy atom. The molecule has 0 atom stereocenters. The lowest BCUT2D eigenvalue weighted by Gasteiger charge is -2.11. The molecular formula is C11H14N2O2S. The number of nitrogen functional groups attached to an aromatic ring is 1. The summed E-state index contributed by atoms with van der Waals surface area (Å²) in [6, 6.07) is 5.01. The monoisotopic (exact) mass is 238 g/mol. The Bertz CT molecular complexity index is 559. The standard InChI is InChI=1S/C11H14N2O2S/c1-13(2)6-8-7-16(14,15)11-5-9(12)3-4-10(8)11/h3-5,7H,6,12H2,1-2H3. The Balaban J connectivity index is 2.56. The van der Waals surface area contributed by atoms with E-state index in [9.17, 15) is 8.42 Å². The highest BCUT2D eigenvalue weighted by Crippen LogP contribution is 2.34. The number of sulfone groups is 1. The molecule has 2 rings (SSSR count). The van der Waals surface area contributed by atoms with Crippen LogP contribution in [-0.2, 0) is 9.84 Å². The van der Waals surface area contributed by atoms with Crippen molar-refractivity contribution < 1.29 is 8.42 Å². The highest BCUT2D eigenvalue weighted by Gasteiger charge is 2.26. The molecule has 4 nitrogen and oxygen atoms in total. The maximum Gasteiger partial charge on any atom is 0.200 e. The molecule has 1 aliphatic rings. The van der Waals surface area contributed by atoms with Crippen LogP contribution in [0.25, 0.3) is 5.57 Å². The average Bonchev–Trinajstić information content (AvgIpc) is 2.37. The fourth-order valence-corrected chi connectivity index (χ4v) is 3.33. The van der Waals surface area contributed by atoms with E-state index >= 15 is 0 Å². The molecule has 1 aromatic rings. The zero-order chi connectivity index (χ0) is 11.9. The minimum Gasteiger partial charge on any atom is -0.399 e. The van der Waals surface area contributed by atoms with Gasteiger partial charge in [-0.3, -0.25) is 0 Å². The lowest BCUT2D eigenvalue weighted by atomic mass is 10.1. The lowest BCUT2D eigenvalue weighted by Crippen LogP contribution is -2.13. The average molecular weight is 238 g/mol. The third-order valence-corrected chi connectivity index (χ3v) is 3.99. The number of anilines is 1. The van der Waals surface area contributed by atoms with Gasteiger partial charge < -0.3 is 10.6 Å². The van der Waals surface area contributed by atoms with Crippen LogP contribution in [0.2, 0.25) is 0 Å². The first-order valence-electron chi connectivity index (χ1n) is 4.90. The predicted octanol–water partition coefficient (Wildman–Crippen LogP) is 0.959. The molecule has 86 valence electrons. The molecule has 0 bridgehead atoms. The summed E-state index contributed by atoms with van der Waals surface area (Å²) < 4.78 is 23.7. The van der Waals surface area contributed by atoms with E-state index < -0.39 is 9.84 Å². The van der Waals surface area contributed by atoms with Crippen molar-refractivity contribution in [2.24, 2.45) is 0 Å². The molecule has 0 aliphatic carbocycles. The van der Waals surface area contributed by atoms with Gasteiger partial charge >= 0.3 is 0 Å². The molecule has 0 saturated carbocycles. The van der Waals surface area contributed by atoms with E-state index in [4.69, 9.17) is 5.73 Å². The third kappa shape index (κ3) is 1.83. The first-order chi connectivity index (χ1) is 7.40. The Kier molecular flexibility index (Phi) is 2.52. The van der Waals surface area contributed by atoms with Crippen LogP contribution in [0.1, 0.15) is 5.56 Å². The van der Waals surface area contributed by atoms with Crippen LogP contribution in [0.15, 0.2) is 28.5 Å². The zero-order valence-electron chi connectivity index (χ0n) is 9.27. The van der Waals surface area contributed by atoms with Crippen LogP contribution in [0, 0.1) is 0 Å². The van der Waals surface area contributed by atoms with Gasteiger partial charge in [0.25, 0.3) is 0 Å². The summed E-state index contributed by atoms with van der Waals surface area (Å²) in [4.78, 5) is 2.26. The van der Waals surface area contributed by atoms with Gasteiger partial charge in [0, 0.05) is 17.6 Å². The van der Waals surface area contributed by atoms with E-state index in [1.54, 1.807) is 12.1 Å². The van der Waals surface area contributed by atoms with Gasteiger partial charge in [-0.1, -0.05) is 6.07 Å². The number of nitrogens with zero attached hydrogens (tertiary/aromatic N) is 1. The molecule has 5 heteroatoms. The molecule has 0 unspecified atom stereocenters. The van der Waals surface area contributed by atoms with Gasteiger partial charge in [-0.05, 0) is 37.4 Å². The Labute approximate surface area is 95.3 Å². The summed E-state index contributed by atoms with van der Waals surface area (Å²) in [6.45, 7) is 0.607. The Hall–Kier alpha value is -1.33. The maximum absolute atomic E-state index is 11.8. The fourth-order valence-electron chi connectivity index (χ4n) is 1.82. The number of hydrogen-bond acceptors (Lipinski definition) is 4. The number of rotatable bonds is 2. The highest BCUT2D eigenvalue weighted by molar-refractivity contribution is 7.95. The Morgan fingerprint density at radius 2 is 2.00 bits per heavy atom. The molecule has 2 N–H and O–H groups in total. The van der Waals surface area contributed by atoms with Crippen molar-refractivity contribution in [1.29, 1.82) is 0 Å². The molecule has 1 aromatic carbocycles.